The standard InChI is InChI=1S/C15H16Cl2NO2S.Y/c1-3-18-14(7-6-12(16)15(18)19)11-5-4-10(8-13(11)17)20-9-21-2;/h4-5,8,12H,3,6,9H2,1-2H3;/q-1;. The molecule has 1 unspecified atom stereocenters. The minimum absolute atomic E-state index is 0. The van der Waals surface area contributed by atoms with Crippen molar-refractivity contribution in [2.24, 2.45) is 0 Å². The van der Waals surface area contributed by atoms with Crippen molar-refractivity contribution in [1.82, 2.24) is 4.90 Å². The minimum atomic E-state index is -0.545. The molecule has 1 atom stereocenters. The van der Waals surface area contributed by atoms with Crippen LogP contribution in [-0.2, 0) is 37.5 Å². The van der Waals surface area contributed by atoms with Crippen molar-refractivity contribution in [3.63, 3.8) is 0 Å². The van der Waals surface area contributed by atoms with Crippen molar-refractivity contribution in [2.75, 3.05) is 18.7 Å². The first-order valence-corrected chi connectivity index (χ1v) is 8.77. The van der Waals surface area contributed by atoms with Gasteiger partial charge >= 0.3 is 0 Å². The summed E-state index contributed by atoms with van der Waals surface area (Å²) >= 11 is 13.9. The molecular weight excluding hydrogens is 418 g/mol. The number of carbonyl (C=O) groups is 1. The Kier molecular flexibility index (Phi) is 8.80. The number of benzene rings is 1. The van der Waals surface area contributed by atoms with Gasteiger partial charge in [0.15, 0.2) is 0 Å². The summed E-state index contributed by atoms with van der Waals surface area (Å²) in [4.78, 5) is 13.7. The van der Waals surface area contributed by atoms with Crippen LogP contribution in [0.2, 0.25) is 5.02 Å². The van der Waals surface area contributed by atoms with Crippen molar-refractivity contribution in [1.29, 1.82) is 0 Å². The topological polar surface area (TPSA) is 29.5 Å². The molecule has 0 aromatic heterocycles. The monoisotopic (exact) mass is 433 g/mol. The maximum Gasteiger partial charge on any atom is 0.241 e. The molecule has 0 spiro atoms. The quantitative estimate of drug-likeness (QED) is 0.398. The van der Waals surface area contributed by atoms with Gasteiger partial charge in [-0.25, -0.2) is 6.08 Å². The number of hydrogen-bond acceptors (Lipinski definition) is 3. The number of nitrogens with zero attached hydrogens (tertiary/aromatic N) is 1. The number of rotatable bonds is 5. The van der Waals surface area contributed by atoms with E-state index in [0.717, 1.165) is 5.56 Å². The molecule has 0 aliphatic carbocycles. The third-order valence-corrected chi connectivity index (χ3v) is 4.12. The number of carbonyl (C=O) groups excluding carboxylic acids is 1. The maximum absolute atomic E-state index is 12.1. The Morgan fingerprint density at radius 1 is 1.50 bits per heavy atom. The number of allylic oxidation sites excluding steroid dienone is 1. The summed E-state index contributed by atoms with van der Waals surface area (Å²) in [5, 5.41) is -0.00737. The Labute approximate surface area is 170 Å². The van der Waals surface area contributed by atoms with Crippen molar-refractivity contribution in [3.05, 3.63) is 34.9 Å². The molecule has 7 heteroatoms. The van der Waals surface area contributed by atoms with Crippen molar-refractivity contribution in [2.45, 2.75) is 18.7 Å². The summed E-state index contributed by atoms with van der Waals surface area (Å²) in [7, 11) is 0. The molecule has 0 fully saturated rings. The summed E-state index contributed by atoms with van der Waals surface area (Å²) < 4.78 is 5.52. The first kappa shape index (κ1) is 20.3. The average Bonchev–Trinajstić information content (AvgIpc) is 2.48. The fraction of sp³-hybridized carbons (Fsp3) is 0.400. The minimum Gasteiger partial charge on any atom is -0.483 e. The fourth-order valence-electron chi connectivity index (χ4n) is 2.11. The molecule has 1 radical (unpaired) electrons. The summed E-state index contributed by atoms with van der Waals surface area (Å²) in [6.07, 6.45) is 5.54. The van der Waals surface area contributed by atoms with Gasteiger partial charge in [-0.15, -0.1) is 52.3 Å². The molecular formula is C15H16Cl2NO2SY-. The van der Waals surface area contributed by atoms with Gasteiger partial charge in [0.05, 0.1) is 0 Å². The largest absolute Gasteiger partial charge is 0.483 e. The molecule has 1 heterocycles. The smallest absolute Gasteiger partial charge is 0.241 e. The first-order chi connectivity index (χ1) is 10.1. The van der Waals surface area contributed by atoms with Gasteiger partial charge in [0.2, 0.25) is 5.91 Å². The number of ether oxygens (including phenoxy) is 1. The molecule has 1 aromatic rings. The summed E-state index contributed by atoms with van der Waals surface area (Å²) in [6.45, 7) is 2.43. The van der Waals surface area contributed by atoms with E-state index < -0.39 is 5.38 Å². The van der Waals surface area contributed by atoms with Gasteiger partial charge < -0.3 is 9.64 Å². The second kappa shape index (κ2) is 9.53. The molecule has 1 aliphatic heterocycles. The predicted octanol–water partition coefficient (Wildman–Crippen LogP) is 4.04. The van der Waals surface area contributed by atoms with Crippen LogP contribution >= 0.6 is 35.0 Å². The van der Waals surface area contributed by atoms with Crippen molar-refractivity contribution < 1.29 is 42.2 Å². The fourth-order valence-corrected chi connectivity index (χ4v) is 2.82. The van der Waals surface area contributed by atoms with Gasteiger partial charge in [-0.05, 0) is 30.3 Å². The summed E-state index contributed by atoms with van der Waals surface area (Å²) in [5.41, 5.74) is 1.47. The molecule has 0 bridgehead atoms. The van der Waals surface area contributed by atoms with Gasteiger partial charge in [0.1, 0.15) is 17.1 Å². The number of amides is 1. The van der Waals surface area contributed by atoms with E-state index in [1.165, 1.54) is 0 Å². The van der Waals surface area contributed by atoms with Gasteiger partial charge in [0.25, 0.3) is 0 Å². The zero-order valence-corrected chi connectivity index (χ0v) is 17.6. The van der Waals surface area contributed by atoms with E-state index in [4.69, 9.17) is 27.9 Å². The van der Waals surface area contributed by atoms with Crippen LogP contribution < -0.4 is 4.74 Å². The van der Waals surface area contributed by atoms with Crippen molar-refractivity contribution >= 4 is 46.6 Å². The van der Waals surface area contributed by atoms with E-state index in [9.17, 15) is 4.79 Å². The van der Waals surface area contributed by atoms with Crippen LogP contribution in [0.4, 0.5) is 0 Å². The number of hydrogen-bond donors (Lipinski definition) is 0. The average molecular weight is 434 g/mol. The normalized spacial score (nSPS) is 17.8. The molecule has 1 amide bonds. The Morgan fingerprint density at radius 2 is 2.23 bits per heavy atom. The Hall–Kier alpha value is 0.264. The van der Waals surface area contributed by atoms with Crippen LogP contribution in [0.5, 0.6) is 5.75 Å². The van der Waals surface area contributed by atoms with Crippen LogP contribution in [0.3, 0.4) is 0 Å². The van der Waals surface area contributed by atoms with Gasteiger partial charge in [-0.3, -0.25) is 4.79 Å². The summed E-state index contributed by atoms with van der Waals surface area (Å²) in [5.74, 6) is 1.17. The molecule has 1 aromatic carbocycles. The molecule has 0 saturated heterocycles. The summed E-state index contributed by atoms with van der Waals surface area (Å²) in [6, 6.07) is 5.45. The zero-order chi connectivity index (χ0) is 15.4. The zero-order valence-electron chi connectivity index (χ0n) is 12.4. The van der Waals surface area contributed by atoms with Crippen LogP contribution in [0.15, 0.2) is 18.2 Å². The first-order valence-electron chi connectivity index (χ1n) is 6.56. The van der Waals surface area contributed by atoms with E-state index in [-0.39, 0.29) is 38.6 Å². The van der Waals surface area contributed by atoms with E-state index in [1.807, 2.05) is 25.3 Å². The molecule has 1 aliphatic rings. The van der Waals surface area contributed by atoms with Gasteiger partial charge in [0, 0.05) is 39.3 Å². The van der Waals surface area contributed by atoms with Crippen LogP contribution in [0.25, 0.3) is 5.70 Å². The van der Waals surface area contributed by atoms with Crippen LogP contribution in [0.1, 0.15) is 18.9 Å². The van der Waals surface area contributed by atoms with E-state index in [1.54, 1.807) is 22.7 Å². The molecule has 117 valence electrons. The van der Waals surface area contributed by atoms with Gasteiger partial charge in [-0.1, -0.05) is 6.42 Å². The molecule has 0 N–H and O–H groups in total. The van der Waals surface area contributed by atoms with E-state index in [2.05, 4.69) is 6.08 Å². The second-order valence-corrected chi connectivity index (χ2v) is 6.22. The third kappa shape index (κ3) is 4.64. The van der Waals surface area contributed by atoms with E-state index >= 15 is 0 Å². The number of halogens is 2. The van der Waals surface area contributed by atoms with E-state index in [0.29, 0.717) is 35.4 Å². The molecule has 0 saturated carbocycles. The van der Waals surface area contributed by atoms with Crippen LogP contribution in [-0.4, -0.2) is 34.9 Å². The maximum atomic E-state index is 12.1. The Morgan fingerprint density at radius 3 is 2.82 bits per heavy atom. The number of thioether (sulfide) groups is 1. The predicted molar refractivity (Wildman–Crippen MR) is 88.8 cm³/mol. The van der Waals surface area contributed by atoms with Crippen LogP contribution in [0, 0.1) is 6.08 Å². The second-order valence-electron chi connectivity index (χ2n) is 4.47. The Bertz CT molecular complexity index is 568. The Balaban J connectivity index is 0.00000242. The SMILES string of the molecule is CCN1C(=O)C(Cl)C[C-]=C1c1ccc(OCSC)cc1Cl.[Y]. The number of alkyl halides is 1. The third-order valence-electron chi connectivity index (χ3n) is 3.11. The van der Waals surface area contributed by atoms with Gasteiger partial charge in [-0.2, -0.15) is 0 Å². The molecule has 3 nitrogen and oxygen atoms in total. The van der Waals surface area contributed by atoms with Crippen molar-refractivity contribution in [3.8, 4) is 5.75 Å². The molecule has 2 rings (SSSR count). The molecule has 22 heavy (non-hydrogen) atoms.